The molecule has 1 aromatic heterocycles. The van der Waals surface area contributed by atoms with Crippen LogP contribution in [0.1, 0.15) is 12.5 Å². The Bertz CT molecular complexity index is 851. The van der Waals surface area contributed by atoms with Gasteiger partial charge in [0.15, 0.2) is 0 Å². The van der Waals surface area contributed by atoms with Crippen molar-refractivity contribution in [3.05, 3.63) is 54.1 Å². The molecule has 1 amide bonds. The van der Waals surface area contributed by atoms with E-state index in [4.69, 9.17) is 4.42 Å². The van der Waals surface area contributed by atoms with Crippen molar-refractivity contribution in [3.8, 4) is 11.3 Å². The van der Waals surface area contributed by atoms with Crippen molar-refractivity contribution in [2.75, 3.05) is 14.1 Å². The number of hydrogen-bond acceptors (Lipinski definition) is 3. The van der Waals surface area contributed by atoms with Crippen LogP contribution < -0.4 is 0 Å². The summed E-state index contributed by atoms with van der Waals surface area (Å²) in [5.41, 5.74) is 3.20. The van der Waals surface area contributed by atoms with Gasteiger partial charge in [0.25, 0.3) is 5.24 Å². The molecule has 0 unspecified atom stereocenters. The van der Waals surface area contributed by atoms with E-state index in [0.29, 0.717) is 0 Å². The number of benzene rings is 2. The standard InChI is InChI=1S/C19H19NO2S/c1-4-13-7-5-6-8-16(13)18-11-14-9-10-15(12-17(14)22-18)23-19(21)20(2)3/h5-12H,4H2,1-3H3. The van der Waals surface area contributed by atoms with E-state index in [1.165, 1.54) is 17.3 Å². The molecule has 2 aromatic carbocycles. The summed E-state index contributed by atoms with van der Waals surface area (Å²) in [6.45, 7) is 2.14. The van der Waals surface area contributed by atoms with Gasteiger partial charge in [-0.2, -0.15) is 0 Å². The van der Waals surface area contributed by atoms with Gasteiger partial charge in [-0.25, -0.2) is 0 Å². The highest BCUT2D eigenvalue weighted by Crippen LogP contribution is 2.33. The van der Waals surface area contributed by atoms with Gasteiger partial charge >= 0.3 is 0 Å². The van der Waals surface area contributed by atoms with Crippen LogP contribution in [-0.4, -0.2) is 24.2 Å². The minimum atomic E-state index is 0.00691. The predicted molar refractivity (Wildman–Crippen MR) is 96.0 cm³/mol. The van der Waals surface area contributed by atoms with E-state index in [2.05, 4.69) is 25.1 Å². The SMILES string of the molecule is CCc1ccccc1-c1cc2ccc(SC(=O)N(C)C)cc2o1. The van der Waals surface area contributed by atoms with Crippen molar-refractivity contribution in [2.24, 2.45) is 0 Å². The van der Waals surface area contributed by atoms with E-state index in [1.807, 2.05) is 30.3 Å². The lowest BCUT2D eigenvalue weighted by Gasteiger charge is -2.08. The van der Waals surface area contributed by atoms with Gasteiger partial charge in [0.2, 0.25) is 0 Å². The number of hydrogen-bond donors (Lipinski definition) is 0. The fourth-order valence-electron chi connectivity index (χ4n) is 2.47. The molecular weight excluding hydrogens is 306 g/mol. The first-order valence-corrected chi connectivity index (χ1v) is 8.41. The smallest absolute Gasteiger partial charge is 0.285 e. The molecule has 23 heavy (non-hydrogen) atoms. The molecule has 0 fully saturated rings. The molecular formula is C19H19NO2S. The minimum absolute atomic E-state index is 0.00691. The third-order valence-electron chi connectivity index (χ3n) is 3.73. The summed E-state index contributed by atoms with van der Waals surface area (Å²) in [5, 5.41) is 1.06. The molecule has 0 spiro atoms. The molecule has 3 rings (SSSR count). The fraction of sp³-hybridized carbons (Fsp3) is 0.211. The lowest BCUT2D eigenvalue weighted by Crippen LogP contribution is -2.15. The molecule has 3 nitrogen and oxygen atoms in total. The summed E-state index contributed by atoms with van der Waals surface area (Å²) in [6, 6.07) is 16.2. The molecule has 0 saturated carbocycles. The van der Waals surface area contributed by atoms with Gasteiger partial charge in [-0.15, -0.1) is 0 Å². The summed E-state index contributed by atoms with van der Waals surface area (Å²) in [4.78, 5) is 14.3. The number of carbonyl (C=O) groups is 1. The number of fused-ring (bicyclic) bond motifs is 1. The number of amides is 1. The summed E-state index contributed by atoms with van der Waals surface area (Å²) in [6.07, 6.45) is 0.964. The Morgan fingerprint density at radius 3 is 2.65 bits per heavy atom. The van der Waals surface area contributed by atoms with Crippen molar-refractivity contribution in [3.63, 3.8) is 0 Å². The van der Waals surface area contributed by atoms with Gasteiger partial charge in [-0.05, 0) is 48.0 Å². The van der Waals surface area contributed by atoms with Gasteiger partial charge in [0, 0.05) is 29.9 Å². The highest BCUT2D eigenvalue weighted by molar-refractivity contribution is 8.13. The second-order valence-corrected chi connectivity index (χ2v) is 6.61. The van der Waals surface area contributed by atoms with Crippen LogP contribution >= 0.6 is 11.8 Å². The number of rotatable bonds is 3. The molecule has 0 aliphatic carbocycles. The largest absolute Gasteiger partial charge is 0.456 e. The van der Waals surface area contributed by atoms with E-state index in [0.717, 1.165) is 33.6 Å². The number of carbonyl (C=O) groups excluding carboxylic acids is 1. The number of nitrogens with zero attached hydrogens (tertiary/aromatic N) is 1. The van der Waals surface area contributed by atoms with Crippen molar-refractivity contribution in [1.82, 2.24) is 4.90 Å². The van der Waals surface area contributed by atoms with E-state index in [9.17, 15) is 4.79 Å². The Morgan fingerprint density at radius 2 is 1.91 bits per heavy atom. The summed E-state index contributed by atoms with van der Waals surface area (Å²) < 4.78 is 6.04. The normalized spacial score (nSPS) is 10.9. The van der Waals surface area contributed by atoms with Crippen LogP contribution in [0.4, 0.5) is 4.79 Å². The van der Waals surface area contributed by atoms with Crippen molar-refractivity contribution in [1.29, 1.82) is 0 Å². The van der Waals surface area contributed by atoms with Crippen LogP contribution in [-0.2, 0) is 6.42 Å². The van der Waals surface area contributed by atoms with E-state index < -0.39 is 0 Å². The molecule has 0 bridgehead atoms. The molecule has 0 aliphatic rings. The van der Waals surface area contributed by atoms with Crippen LogP contribution in [0, 0.1) is 0 Å². The highest BCUT2D eigenvalue weighted by Gasteiger charge is 2.12. The Balaban J connectivity index is 1.98. The van der Waals surface area contributed by atoms with E-state index >= 15 is 0 Å². The van der Waals surface area contributed by atoms with Gasteiger partial charge in [0.1, 0.15) is 11.3 Å². The van der Waals surface area contributed by atoms with Crippen molar-refractivity contribution < 1.29 is 9.21 Å². The number of furan rings is 1. The predicted octanol–water partition coefficient (Wildman–Crippen LogP) is 5.44. The van der Waals surface area contributed by atoms with Gasteiger partial charge in [0.05, 0.1) is 0 Å². The molecule has 0 radical (unpaired) electrons. The zero-order valence-corrected chi connectivity index (χ0v) is 14.3. The summed E-state index contributed by atoms with van der Waals surface area (Å²) in [5.74, 6) is 0.874. The van der Waals surface area contributed by atoms with Crippen LogP contribution in [0.2, 0.25) is 0 Å². The third kappa shape index (κ3) is 3.27. The Labute approximate surface area is 140 Å². The van der Waals surface area contributed by atoms with Crippen LogP contribution in [0.5, 0.6) is 0 Å². The molecule has 0 atom stereocenters. The minimum Gasteiger partial charge on any atom is -0.456 e. The topological polar surface area (TPSA) is 33.5 Å². The average Bonchev–Trinajstić information content (AvgIpc) is 2.97. The molecule has 0 aliphatic heterocycles. The Hall–Kier alpha value is -2.20. The molecule has 118 valence electrons. The zero-order chi connectivity index (χ0) is 16.4. The molecule has 1 heterocycles. The van der Waals surface area contributed by atoms with Crippen LogP contribution in [0.25, 0.3) is 22.3 Å². The zero-order valence-electron chi connectivity index (χ0n) is 13.5. The molecule has 0 N–H and O–H groups in total. The third-order valence-corrected chi connectivity index (χ3v) is 4.75. The molecule has 4 heteroatoms. The maximum absolute atomic E-state index is 11.8. The summed E-state index contributed by atoms with van der Waals surface area (Å²) in [7, 11) is 3.50. The molecule has 0 saturated heterocycles. The maximum Gasteiger partial charge on any atom is 0.285 e. The first kappa shape index (κ1) is 15.7. The highest BCUT2D eigenvalue weighted by atomic mass is 32.2. The van der Waals surface area contributed by atoms with Gasteiger partial charge in [-0.1, -0.05) is 31.2 Å². The van der Waals surface area contributed by atoms with Gasteiger partial charge in [-0.3, -0.25) is 4.79 Å². The summed E-state index contributed by atoms with van der Waals surface area (Å²) >= 11 is 1.21. The van der Waals surface area contributed by atoms with Crippen molar-refractivity contribution >= 4 is 28.0 Å². The lowest BCUT2D eigenvalue weighted by molar-refractivity contribution is 0.241. The lowest BCUT2D eigenvalue weighted by atomic mass is 10.0. The Morgan fingerprint density at radius 1 is 1.13 bits per heavy atom. The first-order chi connectivity index (χ1) is 11.1. The second kappa shape index (κ2) is 6.50. The fourth-order valence-corrected chi connectivity index (χ4v) is 3.16. The monoisotopic (exact) mass is 325 g/mol. The van der Waals surface area contributed by atoms with E-state index in [1.54, 1.807) is 19.0 Å². The Kier molecular flexibility index (Phi) is 4.44. The quantitative estimate of drug-likeness (QED) is 0.602. The van der Waals surface area contributed by atoms with E-state index in [-0.39, 0.29) is 5.24 Å². The van der Waals surface area contributed by atoms with Crippen LogP contribution in [0.15, 0.2) is 57.8 Å². The van der Waals surface area contributed by atoms with Crippen molar-refractivity contribution in [2.45, 2.75) is 18.2 Å². The van der Waals surface area contributed by atoms with Gasteiger partial charge < -0.3 is 9.32 Å². The first-order valence-electron chi connectivity index (χ1n) is 7.59. The number of aryl methyl sites for hydroxylation is 1. The maximum atomic E-state index is 11.8. The van der Waals surface area contributed by atoms with Crippen LogP contribution in [0.3, 0.4) is 0 Å². The average molecular weight is 325 g/mol. The molecule has 3 aromatic rings. The number of thioether (sulfide) groups is 1. The second-order valence-electron chi connectivity index (χ2n) is 5.58.